The zero-order chi connectivity index (χ0) is 37.6. The maximum Gasteiger partial charge on any atom is 1.00 e. The number of para-hydroxylation sites is 2. The molecule has 4 aromatic rings. The van der Waals surface area contributed by atoms with Crippen LogP contribution in [0.25, 0.3) is 16.9 Å². The van der Waals surface area contributed by atoms with Crippen LogP contribution in [0.1, 0.15) is 50.0 Å². The van der Waals surface area contributed by atoms with Gasteiger partial charge in [-0.3, -0.25) is 34.7 Å². The third-order valence-electron chi connectivity index (χ3n) is 10.6. The predicted octanol–water partition coefficient (Wildman–Crippen LogP) is -4.40. The van der Waals surface area contributed by atoms with Crippen molar-refractivity contribution in [1.82, 2.24) is 30.2 Å². The summed E-state index contributed by atoms with van der Waals surface area (Å²) in [7, 11) is -4.78. The van der Waals surface area contributed by atoms with Gasteiger partial charge in [0.1, 0.15) is 24.1 Å². The van der Waals surface area contributed by atoms with E-state index in [4.69, 9.17) is 14.8 Å². The summed E-state index contributed by atoms with van der Waals surface area (Å²) in [6.45, 7) is 2.34. The summed E-state index contributed by atoms with van der Waals surface area (Å²) in [5.41, 5.74) is 8.15. The molecule has 2 saturated heterocycles. The molecule has 56 heavy (non-hydrogen) atoms. The Morgan fingerprint density at radius 1 is 0.946 bits per heavy atom. The molecule has 1 saturated carbocycles. The van der Waals surface area contributed by atoms with Crippen molar-refractivity contribution in [1.29, 1.82) is 0 Å². The Kier molecular flexibility index (Phi) is 13.3. The number of aromatic nitrogens is 4. The molecular weight excluding hydrogens is 763 g/mol. The number of rotatable bonds is 8. The molecule has 0 bridgehead atoms. The Labute approximate surface area is 367 Å². The SMILES string of the molecule is NP(=O)([O-])Oc1nnc(-c2ccccc2[O-])cc1-n1cc(N2CCN(C3CCC(c4cccc5c4OCCN5[C@H]4CCC(=O)NC4=O)CC3)CC2=O)cn1.[Na+].[Na+]. The summed E-state index contributed by atoms with van der Waals surface area (Å²) in [4.78, 5) is 55.8. The monoisotopic (exact) mass is 801 g/mol. The Balaban J connectivity index is 0.00000266. The molecule has 3 aliphatic heterocycles. The maximum absolute atomic E-state index is 13.6. The van der Waals surface area contributed by atoms with E-state index >= 15 is 0 Å². The first-order valence-electron chi connectivity index (χ1n) is 17.9. The Morgan fingerprint density at radius 2 is 1.73 bits per heavy atom. The average molecular weight is 802 g/mol. The van der Waals surface area contributed by atoms with E-state index in [1.54, 1.807) is 29.3 Å². The molecule has 1 unspecified atom stereocenters. The molecule has 3 amide bonds. The van der Waals surface area contributed by atoms with Gasteiger partial charge in [0.2, 0.25) is 17.7 Å². The minimum Gasteiger partial charge on any atom is -0.872 e. The van der Waals surface area contributed by atoms with Crippen molar-refractivity contribution in [2.45, 2.75) is 56.5 Å². The Hall–Kier alpha value is -3.35. The van der Waals surface area contributed by atoms with E-state index in [2.05, 4.69) is 36.5 Å². The first kappa shape index (κ1) is 42.3. The van der Waals surface area contributed by atoms with Gasteiger partial charge in [0, 0.05) is 25.6 Å². The van der Waals surface area contributed by atoms with Gasteiger partial charge in [-0.25, -0.2) is 4.68 Å². The zero-order valence-electron chi connectivity index (χ0n) is 31.2. The van der Waals surface area contributed by atoms with Gasteiger partial charge in [-0.1, -0.05) is 42.1 Å². The van der Waals surface area contributed by atoms with Crippen molar-refractivity contribution >= 4 is 36.8 Å². The predicted molar refractivity (Wildman–Crippen MR) is 191 cm³/mol. The number of piperazine rings is 1. The third kappa shape index (κ3) is 8.87. The number of benzene rings is 2. The second-order valence-corrected chi connectivity index (χ2v) is 15.2. The quantitative estimate of drug-likeness (QED) is 0.0976. The number of ether oxygens (including phenoxy) is 1. The number of imide groups is 1. The number of hydrogen-bond acceptors (Lipinski definition) is 13. The van der Waals surface area contributed by atoms with E-state index in [1.807, 2.05) is 12.1 Å². The molecule has 1 aliphatic carbocycles. The fourth-order valence-corrected chi connectivity index (χ4v) is 8.43. The second kappa shape index (κ2) is 17.6. The van der Waals surface area contributed by atoms with Crippen LogP contribution in [-0.2, 0) is 18.9 Å². The van der Waals surface area contributed by atoms with Gasteiger partial charge in [-0.15, -0.1) is 10.2 Å². The summed E-state index contributed by atoms with van der Waals surface area (Å²) < 4.78 is 24.3. The van der Waals surface area contributed by atoms with Gasteiger partial charge in [0.25, 0.3) is 13.6 Å². The molecule has 2 atom stereocenters. The van der Waals surface area contributed by atoms with Crippen LogP contribution < -0.4 is 99.0 Å². The molecule has 0 spiro atoms. The number of carbonyl (C=O) groups excluding carboxylic acids is 3. The molecule has 0 radical (unpaired) electrons. The Bertz CT molecular complexity index is 2160. The fourth-order valence-electron chi connectivity index (χ4n) is 8.06. The maximum atomic E-state index is 13.6. The molecule has 20 heteroatoms. The summed E-state index contributed by atoms with van der Waals surface area (Å²) in [6, 6.07) is 13.6. The average Bonchev–Trinajstić information content (AvgIpc) is 3.64. The van der Waals surface area contributed by atoms with Crippen LogP contribution in [0.3, 0.4) is 0 Å². The van der Waals surface area contributed by atoms with Crippen LogP contribution >= 0.6 is 7.75 Å². The van der Waals surface area contributed by atoms with Crippen molar-refractivity contribution in [2.24, 2.45) is 5.50 Å². The van der Waals surface area contributed by atoms with E-state index in [9.17, 15) is 28.9 Å². The second-order valence-electron chi connectivity index (χ2n) is 13.9. The standard InChI is InChI=1S/C36H40N9O8P.2Na/c37-54(50,51)53-36-30(18-27(40-41-36)26-4-1-2-7-31(26)46)45-20-24(19-38-45)43-15-14-42(21-33(43)48)23-10-8-22(9-11-23)25-5-3-6-28-34(25)52-17-16-44(28)29-12-13-32(47)39-35(29)49;;/h1-7,18-20,22-23,29,46H,8-17,21H2,(H3,37,50,51)(H,39,47,49);;/q;2*+1/p-2/t22?,23?,29-;;/m0../s1. The van der Waals surface area contributed by atoms with Crippen molar-refractivity contribution < 1.29 is 97.3 Å². The molecule has 3 fully saturated rings. The molecule has 282 valence electrons. The van der Waals surface area contributed by atoms with E-state index in [0.29, 0.717) is 44.8 Å². The fraction of sp³-hybridized carbons (Fsp3) is 0.389. The first-order chi connectivity index (χ1) is 26.0. The van der Waals surface area contributed by atoms with Crippen LogP contribution in [0.15, 0.2) is 60.9 Å². The van der Waals surface area contributed by atoms with Gasteiger partial charge in [0.05, 0.1) is 42.6 Å². The number of amides is 3. The van der Waals surface area contributed by atoms with Crippen molar-refractivity contribution in [3.8, 4) is 34.3 Å². The van der Waals surface area contributed by atoms with Gasteiger partial charge < -0.3 is 29.1 Å². The number of hydrogen-bond donors (Lipinski definition) is 2. The van der Waals surface area contributed by atoms with Gasteiger partial charge in [-0.2, -0.15) is 5.10 Å². The third-order valence-corrected chi connectivity index (χ3v) is 11.1. The normalized spacial score (nSPS) is 22.5. The molecule has 4 aliphatic rings. The van der Waals surface area contributed by atoms with Crippen LogP contribution in [0.5, 0.6) is 17.4 Å². The van der Waals surface area contributed by atoms with Crippen LogP contribution in [0.2, 0.25) is 0 Å². The Morgan fingerprint density at radius 3 is 2.46 bits per heavy atom. The number of anilines is 2. The molecule has 2 aromatic carbocycles. The summed E-state index contributed by atoms with van der Waals surface area (Å²) in [6.07, 6.45) is 7.52. The van der Waals surface area contributed by atoms with Gasteiger partial charge >= 0.3 is 59.1 Å². The number of nitrogens with two attached hydrogens (primary N) is 1. The number of carbonyl (C=O) groups is 3. The summed E-state index contributed by atoms with van der Waals surface area (Å²) >= 11 is 0. The van der Waals surface area contributed by atoms with Gasteiger partial charge in [0.15, 0.2) is 0 Å². The van der Waals surface area contributed by atoms with Crippen LogP contribution in [-0.4, -0.2) is 87.5 Å². The zero-order valence-corrected chi connectivity index (χ0v) is 36.1. The van der Waals surface area contributed by atoms with Crippen molar-refractivity contribution in [2.75, 3.05) is 42.6 Å². The number of nitrogens with one attached hydrogen (secondary N) is 1. The largest absolute Gasteiger partial charge is 1.00 e. The molecular formula is C36H38N9Na2O8P. The van der Waals surface area contributed by atoms with E-state index < -0.39 is 19.7 Å². The van der Waals surface area contributed by atoms with E-state index in [0.717, 1.165) is 42.7 Å². The molecule has 5 heterocycles. The molecule has 17 nitrogen and oxygen atoms in total. The minimum atomic E-state index is -4.78. The summed E-state index contributed by atoms with van der Waals surface area (Å²) in [5, 5.41) is 27.2. The summed E-state index contributed by atoms with van der Waals surface area (Å²) in [5.74, 6) is -0.239. The first-order valence-corrected chi connectivity index (χ1v) is 19.5. The number of nitrogens with zero attached hydrogens (tertiary/aromatic N) is 7. The molecule has 8 rings (SSSR count). The van der Waals surface area contributed by atoms with E-state index in [1.165, 1.54) is 23.0 Å². The van der Waals surface area contributed by atoms with Crippen molar-refractivity contribution in [3.63, 3.8) is 0 Å². The smallest absolute Gasteiger partial charge is 0.872 e. The molecule has 2 aromatic heterocycles. The number of piperidine rings is 1. The van der Waals surface area contributed by atoms with Crippen LogP contribution in [0, 0.1) is 0 Å². The minimum absolute atomic E-state index is 0. The van der Waals surface area contributed by atoms with Crippen LogP contribution in [0.4, 0.5) is 11.4 Å². The topological polar surface area (TPSA) is 224 Å². The van der Waals surface area contributed by atoms with Crippen molar-refractivity contribution in [3.05, 3.63) is 66.5 Å². The van der Waals surface area contributed by atoms with E-state index in [-0.39, 0.29) is 118 Å². The van der Waals surface area contributed by atoms with Gasteiger partial charge in [-0.05, 0) is 61.3 Å². The molecule has 3 N–H and O–H groups in total. The number of fused-ring (bicyclic) bond motifs is 1.